The lowest BCUT2D eigenvalue weighted by Crippen LogP contribution is -2.55. The second-order valence-corrected chi connectivity index (χ2v) is 2.50. The zero-order chi connectivity index (χ0) is 8.10. The molecule has 0 saturated carbocycles. The summed E-state index contributed by atoms with van der Waals surface area (Å²) in [5, 5.41) is 14.5. The van der Waals surface area contributed by atoms with E-state index in [-0.39, 0.29) is 0 Å². The molecule has 3 N–H and O–H groups in total. The Kier molecular flexibility index (Phi) is 3.07. The summed E-state index contributed by atoms with van der Waals surface area (Å²) in [5.74, 6) is -0.890. The number of nitrogens with one attached hydrogen (secondary N) is 2. The first kappa shape index (κ1) is 8.23. The Morgan fingerprint density at radius 3 is 2.91 bits per heavy atom. The van der Waals surface area contributed by atoms with E-state index < -0.39 is 5.97 Å². The van der Waals surface area contributed by atoms with E-state index in [1.54, 1.807) is 6.08 Å². The van der Waals surface area contributed by atoms with Crippen LogP contribution >= 0.6 is 0 Å². The van der Waals surface area contributed by atoms with Crippen molar-refractivity contribution in [2.75, 3.05) is 19.6 Å². The third-order valence-corrected chi connectivity index (χ3v) is 1.57. The van der Waals surface area contributed by atoms with Crippen LogP contribution in [0.5, 0.6) is 0 Å². The molecule has 1 fully saturated rings. The molecule has 62 valence electrons. The maximum absolute atomic E-state index is 10.0. The van der Waals surface area contributed by atoms with Crippen LogP contribution in [0.2, 0.25) is 0 Å². The highest BCUT2D eigenvalue weighted by atomic mass is 16.4. The zero-order valence-electron chi connectivity index (χ0n) is 6.21. The molecule has 0 aromatic rings. The summed E-state index contributed by atoms with van der Waals surface area (Å²) >= 11 is 0. The molecule has 1 heterocycles. The third-order valence-electron chi connectivity index (χ3n) is 1.57. The molecule has 0 atom stereocenters. The van der Waals surface area contributed by atoms with Gasteiger partial charge in [0.15, 0.2) is 0 Å². The second-order valence-electron chi connectivity index (χ2n) is 2.50. The van der Waals surface area contributed by atoms with E-state index >= 15 is 0 Å². The molecule has 1 aliphatic heterocycles. The maximum Gasteiger partial charge on any atom is 0.328 e. The molecule has 1 aliphatic rings. The Labute approximate surface area is 65.3 Å². The predicted octanol–water partition coefficient (Wildman–Crippen LogP) is -0.811. The van der Waals surface area contributed by atoms with Crippen molar-refractivity contribution in [1.29, 1.82) is 0 Å². The van der Waals surface area contributed by atoms with Gasteiger partial charge in [-0.15, -0.1) is 0 Å². The summed E-state index contributed by atoms with van der Waals surface area (Å²) in [6, 6.07) is 0.522. The number of aliphatic carboxylic acids is 1. The lowest BCUT2D eigenvalue weighted by atomic mass is 10.2. The van der Waals surface area contributed by atoms with Gasteiger partial charge in [-0.1, -0.05) is 6.08 Å². The Morgan fingerprint density at radius 1 is 1.73 bits per heavy atom. The first-order chi connectivity index (χ1) is 5.29. The summed E-state index contributed by atoms with van der Waals surface area (Å²) in [5.41, 5.74) is 0. The van der Waals surface area contributed by atoms with Crippen molar-refractivity contribution in [3.8, 4) is 0 Å². The fourth-order valence-electron chi connectivity index (χ4n) is 0.827. The zero-order valence-corrected chi connectivity index (χ0v) is 6.21. The van der Waals surface area contributed by atoms with Gasteiger partial charge in [-0.05, 0) is 0 Å². The topological polar surface area (TPSA) is 61.4 Å². The Balaban J connectivity index is 1.98. The molecule has 1 rings (SSSR count). The lowest BCUT2D eigenvalue weighted by Gasteiger charge is -2.27. The quantitative estimate of drug-likeness (QED) is 0.466. The molecule has 4 heteroatoms. The molecule has 0 amide bonds. The fourth-order valence-corrected chi connectivity index (χ4v) is 0.827. The molecule has 4 nitrogen and oxygen atoms in total. The van der Waals surface area contributed by atoms with Crippen molar-refractivity contribution in [2.24, 2.45) is 0 Å². The van der Waals surface area contributed by atoms with Crippen LogP contribution in [0, 0.1) is 0 Å². The van der Waals surface area contributed by atoms with E-state index in [9.17, 15) is 4.79 Å². The highest BCUT2D eigenvalue weighted by molar-refractivity contribution is 5.79. The van der Waals surface area contributed by atoms with Crippen molar-refractivity contribution in [1.82, 2.24) is 10.6 Å². The van der Waals surface area contributed by atoms with Gasteiger partial charge in [-0.25, -0.2) is 4.79 Å². The summed E-state index contributed by atoms with van der Waals surface area (Å²) in [6.07, 6.45) is 2.76. The van der Waals surface area contributed by atoms with Gasteiger partial charge in [0, 0.05) is 31.8 Å². The number of carboxylic acids is 1. The van der Waals surface area contributed by atoms with Crippen LogP contribution in [0.3, 0.4) is 0 Å². The first-order valence-corrected chi connectivity index (χ1v) is 3.62. The molecule has 0 unspecified atom stereocenters. The molecule has 0 aromatic carbocycles. The van der Waals surface area contributed by atoms with E-state index in [1.165, 1.54) is 0 Å². The van der Waals surface area contributed by atoms with Crippen molar-refractivity contribution in [3.05, 3.63) is 12.2 Å². The number of carboxylic acid groups (broad SMARTS) is 1. The molecule has 0 radical (unpaired) electrons. The van der Waals surface area contributed by atoms with Gasteiger partial charge in [-0.3, -0.25) is 0 Å². The average Bonchev–Trinajstić information content (AvgIpc) is 1.82. The van der Waals surface area contributed by atoms with E-state index in [0.717, 1.165) is 19.2 Å². The minimum Gasteiger partial charge on any atom is -0.478 e. The molecule has 0 aromatic heterocycles. The van der Waals surface area contributed by atoms with Gasteiger partial charge in [0.2, 0.25) is 0 Å². The van der Waals surface area contributed by atoms with E-state index in [2.05, 4.69) is 10.6 Å². The molecular weight excluding hydrogens is 144 g/mol. The van der Waals surface area contributed by atoms with Gasteiger partial charge in [-0.2, -0.15) is 0 Å². The number of carbonyl (C=O) groups is 1. The van der Waals surface area contributed by atoms with Crippen LogP contribution in [0.15, 0.2) is 12.2 Å². The van der Waals surface area contributed by atoms with Crippen molar-refractivity contribution in [3.63, 3.8) is 0 Å². The largest absolute Gasteiger partial charge is 0.478 e. The fraction of sp³-hybridized carbons (Fsp3) is 0.571. The standard InChI is InChI=1S/C7H12N2O2/c10-7(11)2-1-3-9-6-4-8-5-6/h1-2,6,8-9H,3-5H2,(H,10,11)/b2-1+. The van der Waals surface area contributed by atoms with Gasteiger partial charge < -0.3 is 15.7 Å². The SMILES string of the molecule is O=C(O)/C=C/CNC1CNC1. The molecule has 1 saturated heterocycles. The highest BCUT2D eigenvalue weighted by Crippen LogP contribution is 1.88. The molecule has 11 heavy (non-hydrogen) atoms. The van der Waals surface area contributed by atoms with Crippen LogP contribution in [-0.2, 0) is 4.79 Å². The van der Waals surface area contributed by atoms with Crippen LogP contribution < -0.4 is 10.6 Å². The summed E-state index contributed by atoms with van der Waals surface area (Å²) in [4.78, 5) is 10.0. The average molecular weight is 156 g/mol. The monoisotopic (exact) mass is 156 g/mol. The van der Waals surface area contributed by atoms with E-state index in [4.69, 9.17) is 5.11 Å². The molecule has 0 aliphatic carbocycles. The van der Waals surface area contributed by atoms with Crippen molar-refractivity contribution in [2.45, 2.75) is 6.04 Å². The second kappa shape index (κ2) is 4.10. The maximum atomic E-state index is 10.0. The third kappa shape index (κ3) is 3.15. The summed E-state index contributed by atoms with van der Waals surface area (Å²) in [7, 11) is 0. The van der Waals surface area contributed by atoms with Crippen LogP contribution in [-0.4, -0.2) is 36.8 Å². The van der Waals surface area contributed by atoms with Crippen molar-refractivity contribution < 1.29 is 9.90 Å². The smallest absolute Gasteiger partial charge is 0.328 e. The van der Waals surface area contributed by atoms with Gasteiger partial charge in [0.25, 0.3) is 0 Å². The minimum absolute atomic E-state index is 0.522. The molecule has 0 spiro atoms. The summed E-state index contributed by atoms with van der Waals surface area (Å²) < 4.78 is 0. The van der Waals surface area contributed by atoms with E-state index in [0.29, 0.717) is 12.6 Å². The van der Waals surface area contributed by atoms with Gasteiger partial charge in [0.1, 0.15) is 0 Å². The number of rotatable bonds is 4. The Hall–Kier alpha value is -0.870. The molecule has 0 bridgehead atoms. The van der Waals surface area contributed by atoms with Crippen LogP contribution in [0.1, 0.15) is 0 Å². The lowest BCUT2D eigenvalue weighted by molar-refractivity contribution is -0.131. The van der Waals surface area contributed by atoms with Crippen LogP contribution in [0.4, 0.5) is 0 Å². The first-order valence-electron chi connectivity index (χ1n) is 3.62. The van der Waals surface area contributed by atoms with Crippen LogP contribution in [0.25, 0.3) is 0 Å². The number of hydrogen-bond acceptors (Lipinski definition) is 3. The Morgan fingerprint density at radius 2 is 2.45 bits per heavy atom. The summed E-state index contributed by atoms with van der Waals surface area (Å²) in [6.45, 7) is 2.61. The normalized spacial score (nSPS) is 18.5. The van der Waals surface area contributed by atoms with Gasteiger partial charge in [0.05, 0.1) is 0 Å². The highest BCUT2D eigenvalue weighted by Gasteiger charge is 2.13. The predicted molar refractivity (Wildman–Crippen MR) is 41.4 cm³/mol. The number of hydrogen-bond donors (Lipinski definition) is 3. The Bertz CT molecular complexity index is 164. The van der Waals surface area contributed by atoms with Gasteiger partial charge >= 0.3 is 5.97 Å². The van der Waals surface area contributed by atoms with Crippen molar-refractivity contribution >= 4 is 5.97 Å². The molecular formula is C7H12N2O2. The van der Waals surface area contributed by atoms with E-state index in [1.807, 2.05) is 0 Å². The minimum atomic E-state index is -0.890.